The third kappa shape index (κ3) is 4.80. The van der Waals surface area contributed by atoms with Crippen molar-refractivity contribution >= 4 is 67.3 Å². The molecule has 1 saturated heterocycles. The van der Waals surface area contributed by atoms with Gasteiger partial charge in [-0.25, -0.2) is 13.4 Å². The molecule has 0 saturated carbocycles. The highest BCUT2D eigenvalue weighted by molar-refractivity contribution is 7.91. The number of piperazine rings is 1. The number of benzene rings is 1. The van der Waals surface area contributed by atoms with Crippen LogP contribution in [0.5, 0.6) is 0 Å². The van der Waals surface area contributed by atoms with Crippen molar-refractivity contribution in [2.75, 3.05) is 31.1 Å². The first-order valence-corrected chi connectivity index (χ1v) is 12.7. The predicted molar refractivity (Wildman–Crippen MR) is 124 cm³/mol. The number of thiophene rings is 1. The number of nitrogens with zero attached hydrogens (tertiary/aromatic N) is 4. The Labute approximate surface area is 192 Å². The molecule has 0 aliphatic carbocycles. The molecule has 162 valence electrons. The summed E-state index contributed by atoms with van der Waals surface area (Å²) in [7, 11) is -3.83. The first kappa shape index (κ1) is 21.9. The Morgan fingerprint density at radius 3 is 2.48 bits per heavy atom. The maximum Gasteiger partial charge on any atom is 0.300 e. The molecule has 0 N–H and O–H groups in total. The van der Waals surface area contributed by atoms with E-state index in [0.29, 0.717) is 24.4 Å². The molecule has 0 unspecified atom stereocenters. The van der Waals surface area contributed by atoms with Crippen LogP contribution in [0, 0.1) is 10.1 Å². The van der Waals surface area contributed by atoms with Crippen LogP contribution in [0.4, 0.5) is 10.8 Å². The number of hydrogen-bond acceptors (Lipinski definition) is 8. The molecule has 1 aliphatic heterocycles. The SMILES string of the molecule is O=[N+]([O-])c1cc(S(=O)(=O)N2CCN(c3nc(C=Cc4ccccc4)cs3)CC2)sc1Cl. The predicted octanol–water partition coefficient (Wildman–Crippen LogP) is 4.45. The van der Waals surface area contributed by atoms with Crippen LogP contribution in [0.15, 0.2) is 46.0 Å². The summed E-state index contributed by atoms with van der Waals surface area (Å²) in [5.41, 5.74) is 1.55. The molecular formula is C19H17ClN4O4S3. The third-order valence-corrected chi connectivity index (χ3v) is 9.31. The summed E-state index contributed by atoms with van der Waals surface area (Å²) in [6.07, 6.45) is 3.94. The Morgan fingerprint density at radius 2 is 1.84 bits per heavy atom. The van der Waals surface area contributed by atoms with Gasteiger partial charge in [-0.3, -0.25) is 10.1 Å². The molecule has 2 aromatic heterocycles. The van der Waals surface area contributed by atoms with Gasteiger partial charge in [0.1, 0.15) is 4.21 Å². The van der Waals surface area contributed by atoms with Gasteiger partial charge in [0.2, 0.25) is 0 Å². The fourth-order valence-corrected chi connectivity index (χ4v) is 7.17. The lowest BCUT2D eigenvalue weighted by molar-refractivity contribution is -0.384. The van der Waals surface area contributed by atoms with E-state index >= 15 is 0 Å². The Morgan fingerprint density at radius 1 is 1.13 bits per heavy atom. The van der Waals surface area contributed by atoms with Gasteiger partial charge in [0.15, 0.2) is 9.47 Å². The van der Waals surface area contributed by atoms with Crippen molar-refractivity contribution in [2.24, 2.45) is 0 Å². The molecule has 8 nitrogen and oxygen atoms in total. The van der Waals surface area contributed by atoms with Gasteiger partial charge < -0.3 is 4.90 Å². The minimum absolute atomic E-state index is 0.111. The van der Waals surface area contributed by atoms with Gasteiger partial charge in [0, 0.05) is 37.6 Å². The highest BCUT2D eigenvalue weighted by Gasteiger charge is 2.33. The molecule has 1 fully saturated rings. The molecule has 4 rings (SSSR count). The van der Waals surface area contributed by atoms with Gasteiger partial charge in [-0.15, -0.1) is 22.7 Å². The average molecular weight is 497 g/mol. The lowest BCUT2D eigenvalue weighted by Crippen LogP contribution is -2.48. The largest absolute Gasteiger partial charge is 0.345 e. The Bertz CT molecular complexity index is 1220. The van der Waals surface area contributed by atoms with E-state index in [9.17, 15) is 18.5 Å². The second kappa shape index (κ2) is 9.05. The Hall–Kier alpha value is -2.31. The van der Waals surface area contributed by atoms with Crippen LogP contribution in [0.1, 0.15) is 11.3 Å². The third-order valence-electron chi connectivity index (χ3n) is 4.70. The van der Waals surface area contributed by atoms with Crippen molar-refractivity contribution in [3.05, 3.63) is 67.5 Å². The number of sulfonamides is 1. The van der Waals surface area contributed by atoms with E-state index in [1.807, 2.05) is 52.8 Å². The zero-order chi connectivity index (χ0) is 22.0. The monoisotopic (exact) mass is 496 g/mol. The maximum atomic E-state index is 12.9. The summed E-state index contributed by atoms with van der Waals surface area (Å²) in [5.74, 6) is 0. The van der Waals surface area contributed by atoms with E-state index in [-0.39, 0.29) is 27.3 Å². The van der Waals surface area contributed by atoms with Crippen molar-refractivity contribution in [3.8, 4) is 0 Å². The molecule has 31 heavy (non-hydrogen) atoms. The number of anilines is 1. The highest BCUT2D eigenvalue weighted by atomic mass is 35.5. The molecule has 0 spiro atoms. The Balaban J connectivity index is 1.41. The van der Waals surface area contributed by atoms with Gasteiger partial charge >= 0.3 is 0 Å². The van der Waals surface area contributed by atoms with Gasteiger partial charge in [-0.1, -0.05) is 48.0 Å². The summed E-state index contributed by atoms with van der Waals surface area (Å²) >= 11 is 8.05. The van der Waals surface area contributed by atoms with Crippen LogP contribution >= 0.6 is 34.3 Å². The van der Waals surface area contributed by atoms with Crippen LogP contribution in [-0.2, 0) is 10.0 Å². The normalized spacial score (nSPS) is 15.6. The van der Waals surface area contributed by atoms with Gasteiger partial charge in [-0.05, 0) is 11.6 Å². The lowest BCUT2D eigenvalue weighted by Gasteiger charge is -2.33. The minimum atomic E-state index is -3.83. The highest BCUT2D eigenvalue weighted by Crippen LogP contribution is 2.37. The Kier molecular flexibility index (Phi) is 6.39. The molecular weight excluding hydrogens is 480 g/mol. The molecule has 1 aromatic carbocycles. The molecule has 0 bridgehead atoms. The molecule has 3 aromatic rings. The quantitative estimate of drug-likeness (QED) is 0.369. The zero-order valence-electron chi connectivity index (χ0n) is 16.0. The smallest absolute Gasteiger partial charge is 0.300 e. The standard InChI is InChI=1S/C19H17ClN4O4S3/c20-18-16(24(25)26)12-17(30-18)31(27,28)23-10-8-22(9-11-23)19-21-15(13-29-19)7-6-14-4-2-1-3-5-14/h1-7,12-13H,8-11H2. The van der Waals surface area contributed by atoms with E-state index in [0.717, 1.165) is 22.5 Å². The molecule has 0 amide bonds. The van der Waals surface area contributed by atoms with Crippen molar-refractivity contribution in [3.63, 3.8) is 0 Å². The number of aromatic nitrogens is 1. The first-order chi connectivity index (χ1) is 14.8. The van der Waals surface area contributed by atoms with E-state index in [1.54, 1.807) is 0 Å². The van der Waals surface area contributed by atoms with Crippen LogP contribution in [0.2, 0.25) is 4.34 Å². The fraction of sp³-hybridized carbons (Fsp3) is 0.211. The van der Waals surface area contributed by atoms with E-state index < -0.39 is 14.9 Å². The van der Waals surface area contributed by atoms with Crippen LogP contribution in [0.25, 0.3) is 12.2 Å². The molecule has 0 radical (unpaired) electrons. The number of thiazole rings is 1. The van der Waals surface area contributed by atoms with Crippen LogP contribution in [0.3, 0.4) is 0 Å². The van der Waals surface area contributed by atoms with E-state index in [1.165, 1.54) is 15.6 Å². The summed E-state index contributed by atoms with van der Waals surface area (Å²) in [6.45, 7) is 1.49. The van der Waals surface area contributed by atoms with Crippen molar-refractivity contribution in [1.29, 1.82) is 0 Å². The summed E-state index contributed by atoms with van der Waals surface area (Å²) < 4.78 is 26.8. The molecule has 1 aliphatic rings. The molecule has 3 heterocycles. The number of halogens is 1. The summed E-state index contributed by atoms with van der Waals surface area (Å²) in [5, 5.41) is 13.8. The van der Waals surface area contributed by atoms with Crippen molar-refractivity contribution in [2.45, 2.75) is 4.21 Å². The second-order valence-corrected chi connectivity index (χ2v) is 11.3. The molecule has 12 heteroatoms. The molecule has 0 atom stereocenters. The number of hydrogen-bond donors (Lipinski definition) is 0. The zero-order valence-corrected chi connectivity index (χ0v) is 19.3. The first-order valence-electron chi connectivity index (χ1n) is 9.22. The number of nitro groups is 1. The summed E-state index contributed by atoms with van der Waals surface area (Å²) in [6, 6.07) is 11.0. The van der Waals surface area contributed by atoms with Gasteiger partial charge in [0.25, 0.3) is 15.7 Å². The summed E-state index contributed by atoms with van der Waals surface area (Å²) in [4.78, 5) is 17.0. The second-order valence-electron chi connectivity index (χ2n) is 6.67. The van der Waals surface area contributed by atoms with Crippen molar-refractivity contribution < 1.29 is 13.3 Å². The number of rotatable bonds is 6. The lowest BCUT2D eigenvalue weighted by atomic mass is 10.2. The topological polar surface area (TPSA) is 96.6 Å². The average Bonchev–Trinajstić information content (AvgIpc) is 3.40. The van der Waals surface area contributed by atoms with Crippen molar-refractivity contribution in [1.82, 2.24) is 9.29 Å². The van der Waals surface area contributed by atoms with Crippen LogP contribution < -0.4 is 4.90 Å². The fourth-order valence-electron chi connectivity index (χ4n) is 3.08. The van der Waals surface area contributed by atoms with Gasteiger partial charge in [-0.2, -0.15) is 4.31 Å². The van der Waals surface area contributed by atoms with Crippen LogP contribution in [-0.4, -0.2) is 48.8 Å². The maximum absolute atomic E-state index is 12.9. The van der Waals surface area contributed by atoms with E-state index in [4.69, 9.17) is 11.6 Å². The van der Waals surface area contributed by atoms with E-state index in [2.05, 4.69) is 4.98 Å². The van der Waals surface area contributed by atoms with Gasteiger partial charge in [0.05, 0.1) is 10.6 Å². The minimum Gasteiger partial charge on any atom is -0.345 e.